The van der Waals surface area contributed by atoms with Crippen LogP contribution in [0, 0.1) is 6.92 Å². The van der Waals surface area contributed by atoms with Crippen LogP contribution >= 0.6 is 0 Å². The lowest BCUT2D eigenvalue weighted by atomic mass is 10.1. The predicted molar refractivity (Wildman–Crippen MR) is 98.6 cm³/mol. The molecule has 0 aliphatic carbocycles. The number of aryl methyl sites for hydroxylation is 1. The van der Waals surface area contributed by atoms with Gasteiger partial charge >= 0.3 is 0 Å². The van der Waals surface area contributed by atoms with E-state index in [1.54, 1.807) is 0 Å². The first-order chi connectivity index (χ1) is 11.7. The van der Waals surface area contributed by atoms with E-state index in [1.165, 1.54) is 11.1 Å². The zero-order valence-corrected chi connectivity index (χ0v) is 15.2. The molecule has 5 nitrogen and oxygen atoms in total. The molecule has 2 atom stereocenters. The zero-order chi connectivity index (χ0) is 17.2. The number of nitrogens with zero attached hydrogens (tertiary/aromatic N) is 1. The molecule has 1 aromatic rings. The number of benzene rings is 1. The summed E-state index contributed by atoms with van der Waals surface area (Å²) in [4.78, 5) is 4.67. The first-order valence-corrected chi connectivity index (χ1v) is 8.97. The number of hydrogen-bond donors (Lipinski definition) is 2. The van der Waals surface area contributed by atoms with Gasteiger partial charge in [0.25, 0.3) is 0 Å². The van der Waals surface area contributed by atoms with Crippen molar-refractivity contribution in [3.05, 3.63) is 35.4 Å². The van der Waals surface area contributed by atoms with Crippen molar-refractivity contribution in [3.8, 4) is 0 Å². The van der Waals surface area contributed by atoms with Gasteiger partial charge in [-0.3, -0.25) is 4.99 Å². The van der Waals surface area contributed by atoms with E-state index in [4.69, 9.17) is 9.47 Å². The van der Waals surface area contributed by atoms with Crippen LogP contribution in [0.5, 0.6) is 0 Å². The lowest BCUT2D eigenvalue weighted by Crippen LogP contribution is -2.44. The van der Waals surface area contributed by atoms with Crippen LogP contribution in [0.1, 0.15) is 31.4 Å². The monoisotopic (exact) mass is 333 g/mol. The highest BCUT2D eigenvalue weighted by Gasteiger charge is 2.17. The molecule has 0 spiro atoms. The molecule has 0 aromatic heterocycles. The van der Waals surface area contributed by atoms with Crippen LogP contribution in [0.4, 0.5) is 0 Å². The van der Waals surface area contributed by atoms with Gasteiger partial charge in [-0.25, -0.2) is 0 Å². The number of hydrogen-bond acceptors (Lipinski definition) is 3. The van der Waals surface area contributed by atoms with Gasteiger partial charge < -0.3 is 20.1 Å². The van der Waals surface area contributed by atoms with Gasteiger partial charge in [0.2, 0.25) is 0 Å². The molecule has 2 N–H and O–H groups in total. The summed E-state index contributed by atoms with van der Waals surface area (Å²) in [6.07, 6.45) is 2.19. The number of guanidine groups is 1. The lowest BCUT2D eigenvalue weighted by Gasteiger charge is -2.19. The Labute approximate surface area is 145 Å². The van der Waals surface area contributed by atoms with Gasteiger partial charge in [0, 0.05) is 25.7 Å². The second-order valence-electron chi connectivity index (χ2n) is 6.36. The van der Waals surface area contributed by atoms with E-state index in [0.29, 0.717) is 6.61 Å². The molecule has 134 valence electrons. The van der Waals surface area contributed by atoms with E-state index < -0.39 is 0 Å². The van der Waals surface area contributed by atoms with Crippen molar-refractivity contribution >= 4 is 5.96 Å². The van der Waals surface area contributed by atoms with Gasteiger partial charge in [-0.2, -0.15) is 0 Å². The van der Waals surface area contributed by atoms with Crippen molar-refractivity contribution in [2.24, 2.45) is 4.99 Å². The summed E-state index contributed by atoms with van der Waals surface area (Å²) in [7, 11) is 0. The summed E-state index contributed by atoms with van der Waals surface area (Å²) in [6.45, 7) is 10.1. The molecule has 2 unspecified atom stereocenters. The number of nitrogens with one attached hydrogen (secondary N) is 2. The largest absolute Gasteiger partial charge is 0.379 e. The standard InChI is InChI=1S/C19H31N3O2/c1-4-20-19(21-11-9-17-7-5-15(2)6-8-17)22-16(3)13-24-18-10-12-23-14-18/h5-8,16,18H,4,9-14H2,1-3H3,(H2,20,21,22). The third kappa shape index (κ3) is 6.89. The Hall–Kier alpha value is -1.59. The predicted octanol–water partition coefficient (Wildman–Crippen LogP) is 2.29. The van der Waals surface area contributed by atoms with E-state index in [9.17, 15) is 0 Å². The minimum absolute atomic E-state index is 0.211. The minimum Gasteiger partial charge on any atom is -0.379 e. The van der Waals surface area contributed by atoms with E-state index in [2.05, 4.69) is 60.7 Å². The van der Waals surface area contributed by atoms with Crippen LogP contribution in [-0.4, -0.2) is 51.0 Å². The molecule has 1 aliphatic rings. The SMILES string of the molecule is CCNC(=NCCc1ccc(C)cc1)NC(C)COC1CCOC1. The van der Waals surface area contributed by atoms with Crippen LogP contribution in [-0.2, 0) is 15.9 Å². The highest BCUT2D eigenvalue weighted by atomic mass is 16.5. The molecule has 1 fully saturated rings. The average Bonchev–Trinajstić information content (AvgIpc) is 3.08. The topological polar surface area (TPSA) is 54.9 Å². The Balaban J connectivity index is 1.75. The summed E-state index contributed by atoms with van der Waals surface area (Å²) < 4.78 is 11.2. The first kappa shape index (κ1) is 18.7. The molecule has 0 radical (unpaired) electrons. The molecule has 0 amide bonds. The maximum Gasteiger partial charge on any atom is 0.191 e. The quantitative estimate of drug-likeness (QED) is 0.566. The Bertz CT molecular complexity index is 496. The fourth-order valence-electron chi connectivity index (χ4n) is 2.57. The second kappa shape index (κ2) is 10.3. The highest BCUT2D eigenvalue weighted by molar-refractivity contribution is 5.80. The minimum atomic E-state index is 0.211. The number of aliphatic imine (C=N–C) groups is 1. The summed E-state index contributed by atoms with van der Waals surface area (Å²) in [5.74, 6) is 0.850. The van der Waals surface area contributed by atoms with E-state index in [1.807, 2.05) is 0 Å². The average molecular weight is 333 g/mol. The third-order valence-corrected chi connectivity index (χ3v) is 3.99. The Morgan fingerprint density at radius 1 is 1.38 bits per heavy atom. The van der Waals surface area contributed by atoms with Crippen molar-refractivity contribution < 1.29 is 9.47 Å². The van der Waals surface area contributed by atoms with Crippen molar-refractivity contribution in [2.45, 2.75) is 45.8 Å². The van der Waals surface area contributed by atoms with E-state index in [0.717, 1.165) is 45.1 Å². The smallest absolute Gasteiger partial charge is 0.191 e. The van der Waals surface area contributed by atoms with E-state index >= 15 is 0 Å². The molecule has 1 aromatic carbocycles. The Morgan fingerprint density at radius 2 is 2.17 bits per heavy atom. The molecule has 0 saturated carbocycles. The van der Waals surface area contributed by atoms with Gasteiger partial charge in [0.15, 0.2) is 5.96 Å². The third-order valence-electron chi connectivity index (χ3n) is 3.99. The van der Waals surface area contributed by atoms with Crippen LogP contribution in [0.3, 0.4) is 0 Å². The maximum atomic E-state index is 5.86. The van der Waals surface area contributed by atoms with Crippen LogP contribution < -0.4 is 10.6 Å². The molecule has 1 heterocycles. The van der Waals surface area contributed by atoms with Gasteiger partial charge in [0.05, 0.1) is 19.3 Å². The molecule has 1 saturated heterocycles. The fraction of sp³-hybridized carbons (Fsp3) is 0.632. The van der Waals surface area contributed by atoms with Crippen molar-refractivity contribution in [1.82, 2.24) is 10.6 Å². The van der Waals surface area contributed by atoms with Crippen molar-refractivity contribution in [3.63, 3.8) is 0 Å². The molecular weight excluding hydrogens is 302 g/mol. The molecule has 5 heteroatoms. The van der Waals surface area contributed by atoms with Crippen molar-refractivity contribution in [2.75, 3.05) is 32.9 Å². The normalized spacial score (nSPS) is 19.3. The molecular formula is C19H31N3O2. The first-order valence-electron chi connectivity index (χ1n) is 8.97. The van der Waals surface area contributed by atoms with Crippen LogP contribution in [0.25, 0.3) is 0 Å². The number of rotatable bonds is 8. The summed E-state index contributed by atoms with van der Waals surface area (Å²) in [5.41, 5.74) is 2.61. The fourth-order valence-corrected chi connectivity index (χ4v) is 2.57. The second-order valence-corrected chi connectivity index (χ2v) is 6.36. The van der Waals surface area contributed by atoms with Gasteiger partial charge in [-0.05, 0) is 39.2 Å². The van der Waals surface area contributed by atoms with E-state index in [-0.39, 0.29) is 12.1 Å². The molecule has 1 aliphatic heterocycles. The van der Waals surface area contributed by atoms with Crippen LogP contribution in [0.15, 0.2) is 29.3 Å². The molecule has 2 rings (SSSR count). The van der Waals surface area contributed by atoms with Gasteiger partial charge in [-0.15, -0.1) is 0 Å². The summed E-state index contributed by atoms with van der Waals surface area (Å²) >= 11 is 0. The molecule has 0 bridgehead atoms. The highest BCUT2D eigenvalue weighted by Crippen LogP contribution is 2.08. The Morgan fingerprint density at radius 3 is 2.83 bits per heavy atom. The summed E-state index contributed by atoms with van der Waals surface area (Å²) in [5, 5.41) is 6.71. The van der Waals surface area contributed by atoms with Crippen LogP contribution in [0.2, 0.25) is 0 Å². The summed E-state index contributed by atoms with van der Waals surface area (Å²) in [6, 6.07) is 8.85. The van der Waals surface area contributed by atoms with Gasteiger partial charge in [0.1, 0.15) is 0 Å². The number of ether oxygens (including phenoxy) is 2. The van der Waals surface area contributed by atoms with Gasteiger partial charge in [-0.1, -0.05) is 29.8 Å². The maximum absolute atomic E-state index is 5.86. The Kier molecular flexibility index (Phi) is 8.05. The lowest BCUT2D eigenvalue weighted by molar-refractivity contribution is 0.0347. The molecule has 24 heavy (non-hydrogen) atoms. The zero-order valence-electron chi connectivity index (χ0n) is 15.2. The van der Waals surface area contributed by atoms with Crippen molar-refractivity contribution in [1.29, 1.82) is 0 Å².